The standard InChI is InChI=1S/C15H23N3O/c1-4-17-7-8-18(10-12(17)3)15(19)13-6-5-11(2)9-14(13)16/h5-6,9,12H,4,7-8,10,16H2,1-3H3. The van der Waals surface area contributed by atoms with Gasteiger partial charge in [0.15, 0.2) is 0 Å². The number of nitrogens with zero attached hydrogens (tertiary/aromatic N) is 2. The molecule has 1 aliphatic heterocycles. The van der Waals surface area contributed by atoms with E-state index in [2.05, 4.69) is 18.7 Å². The normalized spacial score (nSPS) is 20.6. The highest BCUT2D eigenvalue weighted by atomic mass is 16.2. The number of carbonyl (C=O) groups is 1. The van der Waals surface area contributed by atoms with E-state index in [1.807, 2.05) is 30.0 Å². The lowest BCUT2D eigenvalue weighted by Gasteiger charge is -2.39. The predicted molar refractivity (Wildman–Crippen MR) is 78.2 cm³/mol. The van der Waals surface area contributed by atoms with Crippen LogP contribution in [-0.4, -0.2) is 47.9 Å². The first-order valence-corrected chi connectivity index (χ1v) is 6.92. The Kier molecular flexibility index (Phi) is 4.10. The van der Waals surface area contributed by atoms with E-state index < -0.39 is 0 Å². The molecule has 4 nitrogen and oxygen atoms in total. The molecule has 0 bridgehead atoms. The average Bonchev–Trinajstić information content (AvgIpc) is 2.38. The number of hydrogen-bond donors (Lipinski definition) is 1. The summed E-state index contributed by atoms with van der Waals surface area (Å²) in [5.74, 6) is 0.0557. The molecule has 1 aromatic carbocycles. The fourth-order valence-corrected chi connectivity index (χ4v) is 2.70. The Morgan fingerprint density at radius 1 is 1.42 bits per heavy atom. The van der Waals surface area contributed by atoms with Crippen molar-refractivity contribution in [1.29, 1.82) is 0 Å². The predicted octanol–water partition coefficient (Wildman–Crippen LogP) is 1.74. The zero-order chi connectivity index (χ0) is 14.0. The molecule has 0 aliphatic carbocycles. The Labute approximate surface area is 115 Å². The molecule has 1 heterocycles. The lowest BCUT2D eigenvalue weighted by Crippen LogP contribution is -2.53. The first-order valence-electron chi connectivity index (χ1n) is 6.92. The number of carbonyl (C=O) groups excluding carboxylic acids is 1. The second-order valence-corrected chi connectivity index (χ2v) is 5.32. The van der Waals surface area contributed by atoms with Crippen LogP contribution in [0.15, 0.2) is 18.2 Å². The van der Waals surface area contributed by atoms with Crippen LogP contribution < -0.4 is 5.73 Å². The molecule has 1 fully saturated rings. The fourth-order valence-electron chi connectivity index (χ4n) is 2.70. The van der Waals surface area contributed by atoms with Crippen molar-refractivity contribution in [3.8, 4) is 0 Å². The Morgan fingerprint density at radius 3 is 2.74 bits per heavy atom. The second-order valence-electron chi connectivity index (χ2n) is 5.32. The van der Waals surface area contributed by atoms with Crippen molar-refractivity contribution in [2.45, 2.75) is 26.8 Å². The minimum absolute atomic E-state index is 0.0557. The summed E-state index contributed by atoms with van der Waals surface area (Å²) in [6.07, 6.45) is 0. The maximum absolute atomic E-state index is 12.5. The van der Waals surface area contributed by atoms with Crippen LogP contribution in [0.5, 0.6) is 0 Å². The van der Waals surface area contributed by atoms with Crippen LogP contribution in [0.4, 0.5) is 5.69 Å². The fraction of sp³-hybridized carbons (Fsp3) is 0.533. The van der Waals surface area contributed by atoms with Gasteiger partial charge in [-0.3, -0.25) is 9.69 Å². The SMILES string of the molecule is CCN1CCN(C(=O)c2ccc(C)cc2N)CC1C. The average molecular weight is 261 g/mol. The van der Waals surface area contributed by atoms with E-state index in [4.69, 9.17) is 5.73 Å². The van der Waals surface area contributed by atoms with Gasteiger partial charge in [-0.1, -0.05) is 13.0 Å². The Hall–Kier alpha value is -1.55. The van der Waals surface area contributed by atoms with Crippen LogP contribution in [0, 0.1) is 6.92 Å². The summed E-state index contributed by atoms with van der Waals surface area (Å²) in [4.78, 5) is 16.8. The molecule has 1 amide bonds. The summed E-state index contributed by atoms with van der Waals surface area (Å²) in [6, 6.07) is 6.05. The van der Waals surface area contributed by atoms with Crippen molar-refractivity contribution >= 4 is 11.6 Å². The number of rotatable bonds is 2. The van der Waals surface area contributed by atoms with Crippen LogP contribution in [0.1, 0.15) is 29.8 Å². The summed E-state index contributed by atoms with van der Waals surface area (Å²) in [7, 11) is 0. The van der Waals surface area contributed by atoms with Crippen LogP contribution in [-0.2, 0) is 0 Å². The largest absolute Gasteiger partial charge is 0.398 e. The van der Waals surface area contributed by atoms with Crippen LogP contribution in [0.2, 0.25) is 0 Å². The second kappa shape index (κ2) is 5.61. The van der Waals surface area contributed by atoms with Crippen LogP contribution >= 0.6 is 0 Å². The number of likely N-dealkylation sites (N-methyl/N-ethyl adjacent to an activating group) is 1. The van der Waals surface area contributed by atoms with E-state index in [0.717, 1.165) is 31.7 Å². The minimum atomic E-state index is 0.0557. The molecule has 1 aliphatic rings. The van der Waals surface area contributed by atoms with Gasteiger partial charge in [0, 0.05) is 31.4 Å². The highest BCUT2D eigenvalue weighted by molar-refractivity contribution is 5.99. The first kappa shape index (κ1) is 13.9. The third-order valence-corrected chi connectivity index (χ3v) is 3.90. The van der Waals surface area contributed by atoms with Crippen LogP contribution in [0.25, 0.3) is 0 Å². The van der Waals surface area contributed by atoms with Gasteiger partial charge < -0.3 is 10.6 Å². The van der Waals surface area contributed by atoms with Gasteiger partial charge in [0.2, 0.25) is 0 Å². The summed E-state index contributed by atoms with van der Waals surface area (Å²) in [5, 5.41) is 0. The highest BCUT2D eigenvalue weighted by Gasteiger charge is 2.27. The van der Waals surface area contributed by atoms with Gasteiger partial charge in [-0.05, 0) is 38.1 Å². The third kappa shape index (κ3) is 2.89. The topological polar surface area (TPSA) is 49.6 Å². The van der Waals surface area contributed by atoms with Gasteiger partial charge >= 0.3 is 0 Å². The molecule has 1 unspecified atom stereocenters. The number of nitrogens with two attached hydrogens (primary N) is 1. The molecule has 0 spiro atoms. The van der Waals surface area contributed by atoms with Gasteiger partial charge in [-0.2, -0.15) is 0 Å². The van der Waals surface area contributed by atoms with Gasteiger partial charge in [-0.25, -0.2) is 0 Å². The molecular formula is C15H23N3O. The number of piperazine rings is 1. The molecule has 1 atom stereocenters. The molecule has 1 saturated heterocycles. The number of nitrogen functional groups attached to an aromatic ring is 1. The maximum Gasteiger partial charge on any atom is 0.256 e. The summed E-state index contributed by atoms with van der Waals surface area (Å²) >= 11 is 0. The number of benzene rings is 1. The molecule has 1 aromatic rings. The van der Waals surface area contributed by atoms with E-state index in [1.54, 1.807) is 0 Å². The molecule has 4 heteroatoms. The molecular weight excluding hydrogens is 238 g/mol. The summed E-state index contributed by atoms with van der Waals surface area (Å²) in [6.45, 7) is 9.84. The van der Waals surface area contributed by atoms with E-state index in [9.17, 15) is 4.79 Å². The quantitative estimate of drug-likeness (QED) is 0.825. The Balaban J connectivity index is 2.12. The monoisotopic (exact) mass is 261 g/mol. The Morgan fingerprint density at radius 2 is 2.16 bits per heavy atom. The molecule has 0 radical (unpaired) electrons. The van der Waals surface area contributed by atoms with E-state index >= 15 is 0 Å². The summed E-state index contributed by atoms with van der Waals surface area (Å²) < 4.78 is 0. The van der Waals surface area contributed by atoms with Gasteiger partial charge in [0.25, 0.3) is 5.91 Å². The maximum atomic E-state index is 12.5. The van der Waals surface area contributed by atoms with Crippen molar-refractivity contribution in [2.75, 3.05) is 31.9 Å². The molecule has 104 valence electrons. The van der Waals surface area contributed by atoms with Crippen molar-refractivity contribution in [1.82, 2.24) is 9.80 Å². The van der Waals surface area contributed by atoms with Crippen molar-refractivity contribution < 1.29 is 4.79 Å². The van der Waals surface area contributed by atoms with Gasteiger partial charge in [0.1, 0.15) is 0 Å². The van der Waals surface area contributed by atoms with E-state index in [-0.39, 0.29) is 5.91 Å². The molecule has 19 heavy (non-hydrogen) atoms. The molecule has 0 aromatic heterocycles. The van der Waals surface area contributed by atoms with E-state index in [0.29, 0.717) is 17.3 Å². The molecule has 2 rings (SSSR count). The number of anilines is 1. The van der Waals surface area contributed by atoms with Gasteiger partial charge in [-0.15, -0.1) is 0 Å². The number of amides is 1. The zero-order valence-corrected chi connectivity index (χ0v) is 12.0. The van der Waals surface area contributed by atoms with Crippen LogP contribution in [0.3, 0.4) is 0 Å². The van der Waals surface area contributed by atoms with Crippen molar-refractivity contribution in [3.63, 3.8) is 0 Å². The zero-order valence-electron chi connectivity index (χ0n) is 12.0. The Bertz CT molecular complexity index is 472. The lowest BCUT2D eigenvalue weighted by molar-refractivity contribution is 0.0529. The van der Waals surface area contributed by atoms with E-state index in [1.165, 1.54) is 0 Å². The van der Waals surface area contributed by atoms with Crippen molar-refractivity contribution in [2.24, 2.45) is 0 Å². The van der Waals surface area contributed by atoms with Gasteiger partial charge in [0.05, 0.1) is 5.56 Å². The third-order valence-electron chi connectivity index (χ3n) is 3.90. The number of aryl methyl sites for hydroxylation is 1. The summed E-state index contributed by atoms with van der Waals surface area (Å²) in [5.41, 5.74) is 8.25. The lowest BCUT2D eigenvalue weighted by atomic mass is 10.1. The molecule has 2 N–H and O–H groups in total. The van der Waals surface area contributed by atoms with Crippen molar-refractivity contribution in [3.05, 3.63) is 29.3 Å². The smallest absolute Gasteiger partial charge is 0.256 e. The highest BCUT2D eigenvalue weighted by Crippen LogP contribution is 2.18. The molecule has 0 saturated carbocycles. The first-order chi connectivity index (χ1) is 9.02. The number of hydrogen-bond acceptors (Lipinski definition) is 3. The minimum Gasteiger partial charge on any atom is -0.398 e.